The smallest absolute Gasteiger partial charge is 0.0679 e. The van der Waals surface area contributed by atoms with Gasteiger partial charge in [0.05, 0.1) is 10.0 Å². The van der Waals surface area contributed by atoms with E-state index in [0.29, 0.717) is 23.0 Å². The van der Waals surface area contributed by atoms with Crippen LogP contribution in [0, 0.1) is 0 Å². The van der Waals surface area contributed by atoms with Crippen molar-refractivity contribution in [2.24, 2.45) is 5.73 Å². The van der Waals surface area contributed by atoms with Gasteiger partial charge in [-0.05, 0) is 18.5 Å². The molecular formula is C9H10Cl2N2. The number of rotatable bonds is 3. The summed E-state index contributed by atoms with van der Waals surface area (Å²) in [5.74, 6) is 0. The third-order valence-electron chi connectivity index (χ3n) is 1.65. The predicted molar refractivity (Wildman–Crippen MR) is 57.0 cm³/mol. The Morgan fingerprint density at radius 3 is 2.38 bits per heavy atom. The lowest BCUT2D eigenvalue weighted by molar-refractivity contribution is 1.02. The number of nitrogens with zero attached hydrogens (tertiary/aromatic N) is 1. The highest BCUT2D eigenvalue weighted by Gasteiger charge is 2.08. The minimum absolute atomic E-state index is 0.519. The van der Waals surface area contributed by atoms with Gasteiger partial charge in [0, 0.05) is 18.0 Å². The predicted octanol–water partition coefficient (Wildman–Crippen LogP) is 2.75. The van der Waals surface area contributed by atoms with Gasteiger partial charge in [0.25, 0.3) is 0 Å². The lowest BCUT2D eigenvalue weighted by atomic mass is 10.1. The highest BCUT2D eigenvalue weighted by molar-refractivity contribution is 6.37. The molecule has 0 saturated heterocycles. The zero-order valence-corrected chi connectivity index (χ0v) is 8.57. The van der Waals surface area contributed by atoms with Crippen LogP contribution in [0.2, 0.25) is 10.0 Å². The van der Waals surface area contributed by atoms with Gasteiger partial charge in [0.2, 0.25) is 0 Å². The summed E-state index contributed by atoms with van der Waals surface area (Å²) in [5, 5.41) is 1.04. The summed E-state index contributed by atoms with van der Waals surface area (Å²) in [4.78, 5) is 3.85. The van der Waals surface area contributed by atoms with Crippen molar-refractivity contribution in [2.75, 3.05) is 6.54 Å². The van der Waals surface area contributed by atoms with E-state index in [1.807, 2.05) is 0 Å². The first-order valence-electron chi connectivity index (χ1n) is 3.84. The SMILES string of the molecule is C=C(CCN)c1c(Cl)cncc1Cl. The standard InChI is InChI=1S/C9H10Cl2N2/c1-6(2-3-12)9-7(10)4-13-5-8(9)11/h4-5H,1-3,12H2. The van der Waals surface area contributed by atoms with E-state index >= 15 is 0 Å². The monoisotopic (exact) mass is 216 g/mol. The van der Waals surface area contributed by atoms with Crippen molar-refractivity contribution in [3.63, 3.8) is 0 Å². The third-order valence-corrected chi connectivity index (χ3v) is 2.23. The van der Waals surface area contributed by atoms with Crippen LogP contribution in [-0.4, -0.2) is 11.5 Å². The molecule has 0 aliphatic rings. The molecule has 1 aromatic heterocycles. The first-order chi connectivity index (χ1) is 6.16. The molecule has 1 rings (SSSR count). The van der Waals surface area contributed by atoms with E-state index in [0.717, 1.165) is 11.1 Å². The van der Waals surface area contributed by atoms with Crippen LogP contribution in [-0.2, 0) is 0 Å². The van der Waals surface area contributed by atoms with Crippen molar-refractivity contribution < 1.29 is 0 Å². The van der Waals surface area contributed by atoms with Crippen molar-refractivity contribution in [3.8, 4) is 0 Å². The van der Waals surface area contributed by atoms with E-state index in [2.05, 4.69) is 11.6 Å². The summed E-state index contributed by atoms with van der Waals surface area (Å²) in [7, 11) is 0. The Kier molecular flexibility index (Phi) is 3.72. The first kappa shape index (κ1) is 10.5. The average Bonchev–Trinajstić information content (AvgIpc) is 2.04. The average molecular weight is 217 g/mol. The normalized spacial score (nSPS) is 10.1. The number of hydrogen-bond donors (Lipinski definition) is 1. The van der Waals surface area contributed by atoms with Gasteiger partial charge in [-0.1, -0.05) is 29.8 Å². The van der Waals surface area contributed by atoms with E-state index in [1.54, 1.807) is 12.4 Å². The molecule has 0 aromatic carbocycles. The molecule has 0 amide bonds. The molecular weight excluding hydrogens is 207 g/mol. The van der Waals surface area contributed by atoms with Gasteiger partial charge in [-0.2, -0.15) is 0 Å². The Morgan fingerprint density at radius 2 is 1.92 bits per heavy atom. The summed E-state index contributed by atoms with van der Waals surface area (Å²) in [5.41, 5.74) is 7.00. The van der Waals surface area contributed by atoms with Crippen molar-refractivity contribution in [1.29, 1.82) is 0 Å². The molecule has 0 aliphatic heterocycles. The Hall–Kier alpha value is -0.570. The van der Waals surface area contributed by atoms with E-state index in [9.17, 15) is 0 Å². The summed E-state index contributed by atoms with van der Waals surface area (Å²) in [6.07, 6.45) is 3.78. The maximum absolute atomic E-state index is 5.91. The fraction of sp³-hybridized carbons (Fsp3) is 0.222. The largest absolute Gasteiger partial charge is 0.330 e. The van der Waals surface area contributed by atoms with Crippen molar-refractivity contribution in [1.82, 2.24) is 4.98 Å². The van der Waals surface area contributed by atoms with Crippen LogP contribution in [0.25, 0.3) is 5.57 Å². The highest BCUT2D eigenvalue weighted by Crippen LogP contribution is 2.30. The van der Waals surface area contributed by atoms with Gasteiger partial charge in [-0.25, -0.2) is 0 Å². The van der Waals surface area contributed by atoms with Gasteiger partial charge < -0.3 is 5.73 Å². The van der Waals surface area contributed by atoms with E-state index < -0.39 is 0 Å². The van der Waals surface area contributed by atoms with Gasteiger partial charge in [-0.3, -0.25) is 4.98 Å². The van der Waals surface area contributed by atoms with Crippen LogP contribution in [0.3, 0.4) is 0 Å². The molecule has 0 fully saturated rings. The Morgan fingerprint density at radius 1 is 1.38 bits per heavy atom. The molecule has 0 spiro atoms. The number of hydrogen-bond acceptors (Lipinski definition) is 2. The lowest BCUT2D eigenvalue weighted by Crippen LogP contribution is -2.00. The summed E-state index contributed by atoms with van der Waals surface area (Å²) >= 11 is 11.8. The Bertz CT molecular complexity index is 303. The second-order valence-corrected chi connectivity index (χ2v) is 3.43. The van der Waals surface area contributed by atoms with Crippen LogP contribution in [0.15, 0.2) is 19.0 Å². The summed E-state index contributed by atoms with van der Waals surface area (Å²) in [6, 6.07) is 0. The van der Waals surface area contributed by atoms with Gasteiger partial charge in [-0.15, -0.1) is 0 Å². The van der Waals surface area contributed by atoms with Crippen molar-refractivity contribution >= 4 is 28.8 Å². The van der Waals surface area contributed by atoms with E-state index in [1.165, 1.54) is 0 Å². The third kappa shape index (κ3) is 2.44. The van der Waals surface area contributed by atoms with Crippen LogP contribution in [0.1, 0.15) is 12.0 Å². The second-order valence-electron chi connectivity index (χ2n) is 2.62. The molecule has 13 heavy (non-hydrogen) atoms. The zero-order valence-electron chi connectivity index (χ0n) is 7.06. The lowest BCUT2D eigenvalue weighted by Gasteiger charge is -2.07. The molecule has 1 aromatic rings. The first-order valence-corrected chi connectivity index (χ1v) is 4.59. The molecule has 0 bridgehead atoms. The molecule has 70 valence electrons. The van der Waals surface area contributed by atoms with Crippen LogP contribution < -0.4 is 5.73 Å². The molecule has 0 unspecified atom stereocenters. The molecule has 0 atom stereocenters. The Balaban J connectivity index is 3.05. The minimum atomic E-state index is 0.519. The molecule has 2 nitrogen and oxygen atoms in total. The van der Waals surface area contributed by atoms with Crippen molar-refractivity contribution in [2.45, 2.75) is 6.42 Å². The molecule has 2 N–H and O–H groups in total. The van der Waals surface area contributed by atoms with Crippen LogP contribution >= 0.6 is 23.2 Å². The number of nitrogens with two attached hydrogens (primary N) is 1. The van der Waals surface area contributed by atoms with E-state index in [4.69, 9.17) is 28.9 Å². The molecule has 0 aliphatic carbocycles. The fourth-order valence-electron chi connectivity index (χ4n) is 1.05. The molecule has 0 radical (unpaired) electrons. The summed E-state index contributed by atoms with van der Waals surface area (Å²) < 4.78 is 0. The van der Waals surface area contributed by atoms with Crippen LogP contribution in [0.5, 0.6) is 0 Å². The fourth-order valence-corrected chi connectivity index (χ4v) is 1.68. The quantitative estimate of drug-likeness (QED) is 0.845. The zero-order chi connectivity index (χ0) is 9.84. The topological polar surface area (TPSA) is 38.9 Å². The molecule has 4 heteroatoms. The molecule has 1 heterocycles. The van der Waals surface area contributed by atoms with Gasteiger partial charge in [0.1, 0.15) is 0 Å². The van der Waals surface area contributed by atoms with E-state index in [-0.39, 0.29) is 0 Å². The second kappa shape index (κ2) is 4.61. The van der Waals surface area contributed by atoms with Crippen LogP contribution in [0.4, 0.5) is 0 Å². The van der Waals surface area contributed by atoms with Gasteiger partial charge in [0.15, 0.2) is 0 Å². The van der Waals surface area contributed by atoms with Gasteiger partial charge >= 0.3 is 0 Å². The highest BCUT2D eigenvalue weighted by atomic mass is 35.5. The van der Waals surface area contributed by atoms with Crippen molar-refractivity contribution in [3.05, 3.63) is 34.6 Å². The number of halogens is 2. The Labute approximate surface area is 87.4 Å². The molecule has 0 saturated carbocycles. The summed E-state index contributed by atoms with van der Waals surface area (Å²) in [6.45, 7) is 4.40. The maximum atomic E-state index is 5.91. The number of aromatic nitrogens is 1. The maximum Gasteiger partial charge on any atom is 0.0679 e. The number of pyridine rings is 1. The minimum Gasteiger partial charge on any atom is -0.330 e.